The van der Waals surface area contributed by atoms with Gasteiger partial charge in [-0.3, -0.25) is 0 Å². The molecule has 0 aliphatic carbocycles. The molecule has 0 aliphatic heterocycles. The molecule has 145 valence electrons. The van der Waals surface area contributed by atoms with Gasteiger partial charge in [0.1, 0.15) is 0 Å². The minimum absolute atomic E-state index is 0.949. The Morgan fingerprint density at radius 1 is 0.458 bits per heavy atom. The van der Waals surface area contributed by atoms with Crippen LogP contribution in [0.2, 0.25) is 0 Å². The second kappa shape index (κ2) is 19.3. The number of rotatable bonds is 19. The van der Waals surface area contributed by atoms with E-state index in [2.05, 4.69) is 27.7 Å². The molecule has 1 radical (unpaired) electrons. The highest BCUT2D eigenvalue weighted by Gasteiger charge is 2.20. The van der Waals surface area contributed by atoms with Crippen LogP contribution in [-0.4, -0.2) is 0 Å². The normalized spacial score (nSPS) is 12.9. The van der Waals surface area contributed by atoms with Gasteiger partial charge in [-0.1, -0.05) is 118 Å². The zero-order chi connectivity index (χ0) is 17.9. The Hall–Kier alpha value is 0. The molecule has 0 saturated heterocycles. The van der Waals surface area contributed by atoms with Gasteiger partial charge in [0, 0.05) is 0 Å². The van der Waals surface area contributed by atoms with Gasteiger partial charge in [-0.25, -0.2) is 0 Å². The second-order valence-corrected chi connectivity index (χ2v) is 7.97. The Balaban J connectivity index is 4.42. The van der Waals surface area contributed by atoms with E-state index in [1.165, 1.54) is 116 Å². The van der Waals surface area contributed by atoms with Crippen molar-refractivity contribution in [2.75, 3.05) is 0 Å². The third kappa shape index (κ3) is 14.4. The van der Waals surface area contributed by atoms with Crippen molar-refractivity contribution in [3.05, 3.63) is 5.92 Å². The summed E-state index contributed by atoms with van der Waals surface area (Å²) in [7, 11) is 0. The maximum atomic E-state index is 2.36. The van der Waals surface area contributed by atoms with Gasteiger partial charge < -0.3 is 0 Å². The zero-order valence-corrected chi connectivity index (χ0v) is 17.8. The molecular formula is C24H49. The van der Waals surface area contributed by atoms with Gasteiger partial charge in [-0.05, 0) is 37.5 Å². The van der Waals surface area contributed by atoms with Gasteiger partial charge >= 0.3 is 0 Å². The van der Waals surface area contributed by atoms with Crippen LogP contribution in [0.15, 0.2) is 0 Å². The molecule has 1 unspecified atom stereocenters. The highest BCUT2D eigenvalue weighted by atomic mass is 14.3. The summed E-state index contributed by atoms with van der Waals surface area (Å²) < 4.78 is 0. The Morgan fingerprint density at radius 2 is 0.875 bits per heavy atom. The first-order chi connectivity index (χ1) is 11.8. The summed E-state index contributed by atoms with van der Waals surface area (Å²) in [5.74, 6) is 2.91. The maximum Gasteiger partial charge on any atom is -0.0210 e. The summed E-state index contributed by atoms with van der Waals surface area (Å²) in [6.07, 6.45) is 25.7. The van der Waals surface area contributed by atoms with Gasteiger partial charge in [0.05, 0.1) is 0 Å². The van der Waals surface area contributed by atoms with Crippen molar-refractivity contribution in [3.8, 4) is 0 Å². The minimum atomic E-state index is 0.949. The fourth-order valence-corrected chi connectivity index (χ4v) is 3.91. The molecule has 24 heavy (non-hydrogen) atoms. The van der Waals surface area contributed by atoms with E-state index in [0.29, 0.717) is 0 Å². The highest BCUT2D eigenvalue weighted by molar-refractivity contribution is 4.96. The summed E-state index contributed by atoms with van der Waals surface area (Å²) in [5, 5.41) is 0. The molecule has 0 aromatic rings. The molecule has 0 aliphatic rings. The van der Waals surface area contributed by atoms with E-state index in [1.807, 2.05) is 5.92 Å². The summed E-state index contributed by atoms with van der Waals surface area (Å²) in [5.41, 5.74) is 0. The van der Waals surface area contributed by atoms with Gasteiger partial charge in [-0.15, -0.1) is 0 Å². The molecule has 0 aromatic carbocycles. The Kier molecular flexibility index (Phi) is 19.3. The lowest BCUT2D eigenvalue weighted by Gasteiger charge is -2.27. The fourth-order valence-electron chi connectivity index (χ4n) is 3.91. The average molecular weight is 338 g/mol. The summed E-state index contributed by atoms with van der Waals surface area (Å²) in [6, 6.07) is 0. The maximum absolute atomic E-state index is 2.36. The quantitative estimate of drug-likeness (QED) is 0.206. The Labute approximate surface area is 155 Å². The van der Waals surface area contributed by atoms with Crippen LogP contribution in [0.5, 0.6) is 0 Å². The lowest BCUT2D eigenvalue weighted by atomic mass is 9.78. The van der Waals surface area contributed by atoms with Crippen molar-refractivity contribution in [1.82, 2.24) is 0 Å². The first-order valence-electron chi connectivity index (χ1n) is 11.6. The first-order valence-corrected chi connectivity index (χ1v) is 11.6. The Bertz CT molecular complexity index is 208. The van der Waals surface area contributed by atoms with Crippen molar-refractivity contribution in [1.29, 1.82) is 0 Å². The molecule has 0 bridgehead atoms. The lowest BCUT2D eigenvalue weighted by molar-refractivity contribution is 0.378. The summed E-state index contributed by atoms with van der Waals surface area (Å²) in [4.78, 5) is 0. The van der Waals surface area contributed by atoms with E-state index < -0.39 is 0 Å². The highest BCUT2D eigenvalue weighted by Crippen LogP contribution is 2.34. The smallest absolute Gasteiger partial charge is 0.0210 e. The third-order valence-corrected chi connectivity index (χ3v) is 5.59. The van der Waals surface area contributed by atoms with Crippen molar-refractivity contribution < 1.29 is 0 Å². The van der Waals surface area contributed by atoms with Gasteiger partial charge in [0.25, 0.3) is 0 Å². The van der Waals surface area contributed by atoms with E-state index in [0.717, 1.165) is 5.92 Å². The predicted octanol–water partition coefficient (Wildman–Crippen LogP) is 9.28. The molecule has 0 rings (SSSR count). The first kappa shape index (κ1) is 24.0. The zero-order valence-electron chi connectivity index (χ0n) is 17.8. The van der Waals surface area contributed by atoms with Gasteiger partial charge in [0.15, 0.2) is 0 Å². The van der Waals surface area contributed by atoms with E-state index in [9.17, 15) is 0 Å². The molecule has 0 aromatic heterocycles. The number of unbranched alkanes of at least 4 members (excludes halogenated alkanes) is 10. The summed E-state index contributed by atoms with van der Waals surface area (Å²) >= 11 is 0. The van der Waals surface area contributed by atoms with E-state index in [-0.39, 0.29) is 0 Å². The fraction of sp³-hybridized carbons (Fsp3) is 0.958. The van der Waals surface area contributed by atoms with Crippen LogP contribution < -0.4 is 0 Å². The van der Waals surface area contributed by atoms with Crippen molar-refractivity contribution in [2.24, 2.45) is 5.92 Å². The van der Waals surface area contributed by atoms with Crippen LogP contribution in [0.25, 0.3) is 0 Å². The molecule has 0 heterocycles. The molecule has 0 amide bonds. The van der Waals surface area contributed by atoms with Crippen LogP contribution in [0, 0.1) is 11.8 Å². The molecule has 0 fully saturated rings. The van der Waals surface area contributed by atoms with E-state index >= 15 is 0 Å². The second-order valence-electron chi connectivity index (χ2n) is 7.97. The predicted molar refractivity (Wildman–Crippen MR) is 113 cm³/mol. The van der Waals surface area contributed by atoms with Crippen LogP contribution in [0.3, 0.4) is 0 Å². The van der Waals surface area contributed by atoms with Crippen LogP contribution in [0.1, 0.15) is 143 Å². The standard InChI is InChI=1S/C24H49/c1-5-9-13-16-20-23(19-12-8-4)24(21-17-14-10-6-2)22-18-15-11-7-3/h23H,5-22H2,1-4H3. The van der Waals surface area contributed by atoms with Gasteiger partial charge in [-0.2, -0.15) is 0 Å². The van der Waals surface area contributed by atoms with Crippen LogP contribution >= 0.6 is 0 Å². The van der Waals surface area contributed by atoms with Crippen molar-refractivity contribution >= 4 is 0 Å². The lowest BCUT2D eigenvalue weighted by Crippen LogP contribution is -2.14. The molecule has 0 N–H and O–H groups in total. The monoisotopic (exact) mass is 337 g/mol. The topological polar surface area (TPSA) is 0 Å². The third-order valence-electron chi connectivity index (χ3n) is 5.59. The molecule has 0 saturated carbocycles. The largest absolute Gasteiger partial charge is 0.0654 e. The number of hydrogen-bond donors (Lipinski definition) is 0. The van der Waals surface area contributed by atoms with Gasteiger partial charge in [0.2, 0.25) is 0 Å². The van der Waals surface area contributed by atoms with Crippen molar-refractivity contribution in [2.45, 2.75) is 143 Å². The SMILES string of the molecule is CCCCCC[C](CCCCCC)C(CCCC)CCCCCC. The molecular weight excluding hydrogens is 288 g/mol. The number of hydrogen-bond acceptors (Lipinski definition) is 0. The van der Waals surface area contributed by atoms with Crippen molar-refractivity contribution in [3.63, 3.8) is 0 Å². The molecule has 1 atom stereocenters. The molecule has 0 heteroatoms. The van der Waals surface area contributed by atoms with E-state index in [1.54, 1.807) is 0 Å². The molecule has 0 spiro atoms. The molecule has 0 nitrogen and oxygen atoms in total. The minimum Gasteiger partial charge on any atom is -0.0654 e. The van der Waals surface area contributed by atoms with E-state index in [4.69, 9.17) is 0 Å². The average Bonchev–Trinajstić information content (AvgIpc) is 2.60. The van der Waals surface area contributed by atoms with Crippen LogP contribution in [-0.2, 0) is 0 Å². The Morgan fingerprint density at radius 3 is 1.33 bits per heavy atom. The summed E-state index contributed by atoms with van der Waals surface area (Å²) in [6.45, 7) is 9.34. The van der Waals surface area contributed by atoms with Crippen LogP contribution in [0.4, 0.5) is 0 Å².